The Morgan fingerprint density at radius 3 is 2.82 bits per heavy atom. The Hall–Kier alpha value is -2.14. The van der Waals surface area contributed by atoms with Crippen LogP contribution in [0.5, 0.6) is 0 Å². The van der Waals surface area contributed by atoms with Crippen molar-refractivity contribution < 1.29 is 5.11 Å². The molecule has 2 heterocycles. The third-order valence-electron chi connectivity index (χ3n) is 4.04. The van der Waals surface area contributed by atoms with Gasteiger partial charge in [-0.25, -0.2) is 4.98 Å². The summed E-state index contributed by atoms with van der Waals surface area (Å²) >= 11 is 0. The highest BCUT2D eigenvalue weighted by molar-refractivity contribution is 5.49. The lowest BCUT2D eigenvalue weighted by molar-refractivity contribution is 0.311. The quantitative estimate of drug-likeness (QED) is 0.905. The van der Waals surface area contributed by atoms with E-state index in [1.807, 2.05) is 13.0 Å². The van der Waals surface area contributed by atoms with Gasteiger partial charge in [0.25, 0.3) is 0 Å². The third-order valence-corrected chi connectivity index (χ3v) is 4.04. The number of anilines is 2. The Bertz CT molecular complexity index is 659. The molecule has 3 rings (SSSR count). The van der Waals surface area contributed by atoms with Crippen LogP contribution in [0.2, 0.25) is 0 Å². The van der Waals surface area contributed by atoms with Gasteiger partial charge in [-0.2, -0.15) is 4.98 Å². The highest BCUT2D eigenvalue weighted by Gasteiger charge is 2.24. The van der Waals surface area contributed by atoms with E-state index < -0.39 is 0 Å². The van der Waals surface area contributed by atoms with Gasteiger partial charge < -0.3 is 15.3 Å². The van der Waals surface area contributed by atoms with Crippen molar-refractivity contribution in [1.82, 2.24) is 9.97 Å². The Balaban J connectivity index is 1.89. The summed E-state index contributed by atoms with van der Waals surface area (Å²) in [7, 11) is 0. The number of hydrogen-bond acceptors (Lipinski definition) is 5. The molecule has 0 unspecified atom stereocenters. The summed E-state index contributed by atoms with van der Waals surface area (Å²) in [6.07, 6.45) is 1.03. The molecule has 1 aromatic carbocycles. The number of fused-ring (bicyclic) bond motifs is 1. The van der Waals surface area contributed by atoms with Crippen molar-refractivity contribution >= 4 is 11.8 Å². The SMILES string of the molecule is Cc1cc(N2Cc3ccccc3C[C@H]2C)nc(NCCO)n1. The monoisotopic (exact) mass is 298 g/mol. The molecule has 0 aliphatic carbocycles. The minimum atomic E-state index is 0.0696. The summed E-state index contributed by atoms with van der Waals surface area (Å²) in [6.45, 7) is 5.60. The second-order valence-corrected chi connectivity index (χ2v) is 5.79. The lowest BCUT2D eigenvalue weighted by Gasteiger charge is -2.36. The van der Waals surface area contributed by atoms with Crippen LogP contribution in [0.15, 0.2) is 30.3 Å². The first kappa shape index (κ1) is 14.8. The maximum atomic E-state index is 8.94. The molecule has 0 saturated carbocycles. The summed E-state index contributed by atoms with van der Waals surface area (Å²) in [4.78, 5) is 11.3. The van der Waals surface area contributed by atoms with Crippen LogP contribution in [0, 0.1) is 6.92 Å². The zero-order chi connectivity index (χ0) is 15.5. The normalized spacial score (nSPS) is 17.2. The summed E-state index contributed by atoms with van der Waals surface area (Å²) in [5.74, 6) is 1.52. The molecule has 2 aromatic rings. The maximum Gasteiger partial charge on any atom is 0.224 e. The van der Waals surface area contributed by atoms with Crippen molar-refractivity contribution in [3.8, 4) is 0 Å². The number of aliphatic hydroxyl groups excluding tert-OH is 1. The van der Waals surface area contributed by atoms with Gasteiger partial charge in [0.05, 0.1) is 6.61 Å². The number of aliphatic hydroxyl groups is 1. The van der Waals surface area contributed by atoms with Crippen LogP contribution in [-0.4, -0.2) is 34.3 Å². The Kier molecular flexibility index (Phi) is 4.24. The molecule has 0 amide bonds. The van der Waals surface area contributed by atoms with Crippen LogP contribution in [0.4, 0.5) is 11.8 Å². The Morgan fingerprint density at radius 2 is 2.05 bits per heavy atom. The summed E-state index contributed by atoms with van der Waals surface area (Å²) < 4.78 is 0. The number of hydrogen-bond donors (Lipinski definition) is 2. The first-order chi connectivity index (χ1) is 10.7. The Labute approximate surface area is 131 Å². The van der Waals surface area contributed by atoms with Crippen LogP contribution in [0.3, 0.4) is 0 Å². The number of aromatic nitrogens is 2. The first-order valence-electron chi connectivity index (χ1n) is 7.71. The highest BCUT2D eigenvalue weighted by atomic mass is 16.3. The second-order valence-electron chi connectivity index (χ2n) is 5.79. The van der Waals surface area contributed by atoms with Crippen molar-refractivity contribution in [1.29, 1.82) is 0 Å². The summed E-state index contributed by atoms with van der Waals surface area (Å²) in [6, 6.07) is 11.0. The molecule has 1 aliphatic rings. The first-order valence-corrected chi connectivity index (χ1v) is 7.71. The molecule has 1 aromatic heterocycles. The van der Waals surface area contributed by atoms with Gasteiger partial charge in [-0.05, 0) is 31.4 Å². The molecule has 1 aliphatic heterocycles. The van der Waals surface area contributed by atoms with Gasteiger partial charge >= 0.3 is 0 Å². The summed E-state index contributed by atoms with van der Waals surface area (Å²) in [5, 5.41) is 12.0. The summed E-state index contributed by atoms with van der Waals surface area (Å²) in [5.41, 5.74) is 3.72. The Morgan fingerprint density at radius 1 is 1.27 bits per heavy atom. The van der Waals surface area contributed by atoms with Crippen LogP contribution < -0.4 is 10.2 Å². The molecule has 5 nitrogen and oxygen atoms in total. The number of rotatable bonds is 4. The lowest BCUT2D eigenvalue weighted by atomic mass is 9.95. The van der Waals surface area contributed by atoms with E-state index in [4.69, 9.17) is 5.11 Å². The van der Waals surface area contributed by atoms with Crippen LogP contribution in [0.25, 0.3) is 0 Å². The van der Waals surface area contributed by atoms with E-state index in [0.29, 0.717) is 18.5 Å². The molecule has 1 atom stereocenters. The third kappa shape index (κ3) is 3.04. The molecule has 5 heteroatoms. The zero-order valence-corrected chi connectivity index (χ0v) is 13.1. The van der Waals surface area contributed by atoms with Crippen molar-refractivity contribution in [2.45, 2.75) is 32.9 Å². The molecule has 0 spiro atoms. The standard InChI is InChI=1S/C17H22N4O/c1-12-9-16(20-17(19-12)18-7-8-22)21-11-15-6-4-3-5-14(15)10-13(21)2/h3-6,9,13,22H,7-8,10-11H2,1-2H3,(H,18,19,20)/t13-/m1/s1. The number of aryl methyl sites for hydroxylation is 1. The van der Waals surface area contributed by atoms with Crippen molar-refractivity contribution in [2.75, 3.05) is 23.4 Å². The van der Waals surface area contributed by atoms with Crippen LogP contribution in [-0.2, 0) is 13.0 Å². The predicted octanol–water partition coefficient (Wildman–Crippen LogP) is 2.14. The predicted molar refractivity (Wildman–Crippen MR) is 88.1 cm³/mol. The molecule has 0 saturated heterocycles. The number of nitrogens with one attached hydrogen (secondary N) is 1. The smallest absolute Gasteiger partial charge is 0.224 e. The molecule has 2 N–H and O–H groups in total. The fourth-order valence-electron chi connectivity index (χ4n) is 2.93. The van der Waals surface area contributed by atoms with Gasteiger partial charge in [0.15, 0.2) is 0 Å². The van der Waals surface area contributed by atoms with Crippen molar-refractivity contribution in [2.24, 2.45) is 0 Å². The topological polar surface area (TPSA) is 61.3 Å². The molecular weight excluding hydrogens is 276 g/mol. The van der Waals surface area contributed by atoms with E-state index in [1.54, 1.807) is 0 Å². The van der Waals surface area contributed by atoms with E-state index >= 15 is 0 Å². The molecule has 0 fully saturated rings. The van der Waals surface area contributed by atoms with Gasteiger partial charge in [-0.15, -0.1) is 0 Å². The van der Waals surface area contributed by atoms with Crippen molar-refractivity contribution in [3.63, 3.8) is 0 Å². The van der Waals surface area contributed by atoms with Gasteiger partial charge in [-0.1, -0.05) is 24.3 Å². The maximum absolute atomic E-state index is 8.94. The van der Waals surface area contributed by atoms with E-state index in [1.165, 1.54) is 11.1 Å². The van der Waals surface area contributed by atoms with Gasteiger partial charge in [0.1, 0.15) is 5.82 Å². The molecule has 22 heavy (non-hydrogen) atoms. The van der Waals surface area contributed by atoms with Gasteiger partial charge in [0, 0.05) is 30.9 Å². The molecule has 0 bridgehead atoms. The zero-order valence-electron chi connectivity index (χ0n) is 13.1. The number of benzene rings is 1. The van der Waals surface area contributed by atoms with Gasteiger partial charge in [0.2, 0.25) is 5.95 Å². The second kappa shape index (κ2) is 6.32. The van der Waals surface area contributed by atoms with Crippen molar-refractivity contribution in [3.05, 3.63) is 47.2 Å². The van der Waals surface area contributed by atoms with E-state index in [0.717, 1.165) is 24.5 Å². The van der Waals surface area contributed by atoms with E-state index in [2.05, 4.69) is 51.4 Å². The minimum absolute atomic E-state index is 0.0696. The van der Waals surface area contributed by atoms with E-state index in [-0.39, 0.29) is 6.61 Å². The molecule has 0 radical (unpaired) electrons. The molecular formula is C17H22N4O. The van der Waals surface area contributed by atoms with E-state index in [9.17, 15) is 0 Å². The fourth-order valence-corrected chi connectivity index (χ4v) is 2.93. The highest BCUT2D eigenvalue weighted by Crippen LogP contribution is 2.28. The average molecular weight is 298 g/mol. The minimum Gasteiger partial charge on any atom is -0.395 e. The number of nitrogens with zero attached hydrogens (tertiary/aromatic N) is 3. The fraction of sp³-hybridized carbons (Fsp3) is 0.412. The van der Waals surface area contributed by atoms with Gasteiger partial charge in [-0.3, -0.25) is 0 Å². The molecule has 116 valence electrons. The average Bonchev–Trinajstić information content (AvgIpc) is 2.51. The largest absolute Gasteiger partial charge is 0.395 e. The lowest BCUT2D eigenvalue weighted by Crippen LogP contribution is -2.39. The van der Waals surface area contributed by atoms with Crippen LogP contribution in [0.1, 0.15) is 23.7 Å². The van der Waals surface area contributed by atoms with Crippen LogP contribution >= 0.6 is 0 Å².